The van der Waals surface area contributed by atoms with Crippen LogP contribution in [0.4, 0.5) is 19.4 Å². The minimum atomic E-state index is -2.58. The van der Waals surface area contributed by atoms with Crippen molar-refractivity contribution in [2.45, 2.75) is 69.6 Å². The van der Waals surface area contributed by atoms with Gasteiger partial charge in [-0.3, -0.25) is 10.00 Å². The number of carbonyl (C=O) groups excluding carboxylic acids is 1. The van der Waals surface area contributed by atoms with Gasteiger partial charge < -0.3 is 4.74 Å². The Morgan fingerprint density at radius 3 is 2.62 bits per heavy atom. The number of aryl methyl sites for hydroxylation is 1. The zero-order chi connectivity index (χ0) is 17.3. The predicted molar refractivity (Wildman–Crippen MR) is 86.6 cm³/mol. The highest BCUT2D eigenvalue weighted by atomic mass is 19.3. The summed E-state index contributed by atoms with van der Waals surface area (Å²) in [6, 6.07) is 0. The van der Waals surface area contributed by atoms with Gasteiger partial charge in [0.25, 0.3) is 0 Å². The number of unbranched alkanes of at least 4 members (excludes halogenated alkanes) is 1. The first-order valence-electron chi connectivity index (χ1n) is 8.79. The summed E-state index contributed by atoms with van der Waals surface area (Å²) in [6.45, 7) is 2.40. The minimum absolute atomic E-state index is 0.149. The average molecular weight is 341 g/mol. The molecule has 0 unspecified atom stereocenters. The molecule has 1 heterocycles. The standard InChI is InChI=1S/C17H25F2N3O2/c1-3-4-8-24-16(23)20-15-13(11-6-5-7-11)14(21-22(15)2)12-9-17(18,19)10-12/h11-12H,3-10H2,1-2H3,(H,20,23). The lowest BCUT2D eigenvalue weighted by molar-refractivity contribution is -0.0879. The Balaban J connectivity index is 1.78. The maximum Gasteiger partial charge on any atom is 0.412 e. The molecule has 7 heteroatoms. The number of alkyl halides is 2. The fourth-order valence-electron chi connectivity index (χ4n) is 3.41. The van der Waals surface area contributed by atoms with Crippen LogP contribution in [0.2, 0.25) is 0 Å². The largest absolute Gasteiger partial charge is 0.449 e. The molecule has 1 N–H and O–H groups in total. The summed E-state index contributed by atoms with van der Waals surface area (Å²) < 4.78 is 33.3. The van der Waals surface area contributed by atoms with Crippen LogP contribution < -0.4 is 5.32 Å². The van der Waals surface area contributed by atoms with Gasteiger partial charge in [0.2, 0.25) is 5.92 Å². The lowest BCUT2D eigenvalue weighted by atomic mass is 9.73. The SMILES string of the molecule is CCCCOC(=O)Nc1c(C2CCC2)c(C2CC(F)(F)C2)nn1C. The molecule has 0 atom stereocenters. The van der Waals surface area contributed by atoms with E-state index in [-0.39, 0.29) is 18.8 Å². The van der Waals surface area contributed by atoms with Gasteiger partial charge in [-0.25, -0.2) is 13.6 Å². The number of carbonyl (C=O) groups is 1. The van der Waals surface area contributed by atoms with E-state index >= 15 is 0 Å². The summed E-state index contributed by atoms with van der Waals surface area (Å²) in [5.41, 5.74) is 1.67. The molecule has 0 spiro atoms. The lowest BCUT2D eigenvalue weighted by Gasteiger charge is -2.36. The van der Waals surface area contributed by atoms with E-state index in [4.69, 9.17) is 4.74 Å². The van der Waals surface area contributed by atoms with Crippen LogP contribution in [0.5, 0.6) is 0 Å². The van der Waals surface area contributed by atoms with Crippen LogP contribution in [-0.4, -0.2) is 28.4 Å². The Bertz CT molecular complexity index is 603. The van der Waals surface area contributed by atoms with Gasteiger partial charge in [-0.1, -0.05) is 19.8 Å². The second kappa shape index (κ2) is 6.69. The van der Waals surface area contributed by atoms with Crippen LogP contribution in [0.3, 0.4) is 0 Å². The van der Waals surface area contributed by atoms with Gasteiger partial charge in [0.15, 0.2) is 0 Å². The maximum atomic E-state index is 13.3. The number of anilines is 1. The van der Waals surface area contributed by atoms with Crippen molar-refractivity contribution in [2.75, 3.05) is 11.9 Å². The van der Waals surface area contributed by atoms with Crippen LogP contribution in [-0.2, 0) is 11.8 Å². The van der Waals surface area contributed by atoms with Crippen LogP contribution in [0.25, 0.3) is 0 Å². The summed E-state index contributed by atoms with van der Waals surface area (Å²) >= 11 is 0. The third-order valence-corrected chi connectivity index (χ3v) is 5.05. The summed E-state index contributed by atoms with van der Waals surface area (Å²) in [5.74, 6) is -1.89. The fraction of sp³-hybridized carbons (Fsp3) is 0.765. The molecule has 2 aliphatic carbocycles. The summed E-state index contributed by atoms with van der Waals surface area (Å²) in [5, 5.41) is 7.25. The molecule has 0 saturated heterocycles. The molecule has 24 heavy (non-hydrogen) atoms. The van der Waals surface area contributed by atoms with E-state index in [1.165, 1.54) is 0 Å². The monoisotopic (exact) mass is 341 g/mol. The van der Waals surface area contributed by atoms with Crippen LogP contribution in [0.1, 0.15) is 75.0 Å². The van der Waals surface area contributed by atoms with Crippen molar-refractivity contribution in [3.63, 3.8) is 0 Å². The zero-order valence-electron chi connectivity index (χ0n) is 14.3. The first-order chi connectivity index (χ1) is 11.4. The lowest BCUT2D eigenvalue weighted by Crippen LogP contribution is -2.34. The summed E-state index contributed by atoms with van der Waals surface area (Å²) in [7, 11) is 1.74. The van der Waals surface area contributed by atoms with Crippen molar-refractivity contribution in [3.8, 4) is 0 Å². The zero-order valence-corrected chi connectivity index (χ0v) is 14.3. The van der Waals surface area contributed by atoms with E-state index < -0.39 is 12.0 Å². The van der Waals surface area contributed by atoms with Crippen molar-refractivity contribution >= 4 is 11.9 Å². The van der Waals surface area contributed by atoms with Crippen molar-refractivity contribution in [1.82, 2.24) is 9.78 Å². The topological polar surface area (TPSA) is 56.1 Å². The second-order valence-electron chi connectivity index (χ2n) is 6.97. The number of halogens is 2. The number of hydrogen-bond donors (Lipinski definition) is 1. The molecule has 5 nitrogen and oxygen atoms in total. The Hall–Kier alpha value is -1.66. The molecule has 1 amide bonds. The molecule has 0 radical (unpaired) electrons. The van der Waals surface area contributed by atoms with Gasteiger partial charge in [0.1, 0.15) is 5.82 Å². The van der Waals surface area contributed by atoms with Crippen molar-refractivity contribution in [3.05, 3.63) is 11.3 Å². The molecule has 134 valence electrons. The first kappa shape index (κ1) is 17.2. The highest BCUT2D eigenvalue weighted by Crippen LogP contribution is 2.52. The van der Waals surface area contributed by atoms with E-state index in [1.54, 1.807) is 11.7 Å². The number of nitrogens with one attached hydrogen (secondary N) is 1. The van der Waals surface area contributed by atoms with Gasteiger partial charge >= 0.3 is 6.09 Å². The average Bonchev–Trinajstić information content (AvgIpc) is 2.72. The first-order valence-corrected chi connectivity index (χ1v) is 8.79. The number of hydrogen-bond acceptors (Lipinski definition) is 3. The van der Waals surface area contributed by atoms with Gasteiger partial charge in [-0.15, -0.1) is 0 Å². The van der Waals surface area contributed by atoms with Gasteiger partial charge in [-0.2, -0.15) is 5.10 Å². The quantitative estimate of drug-likeness (QED) is 0.772. The van der Waals surface area contributed by atoms with Crippen LogP contribution >= 0.6 is 0 Å². The number of nitrogens with zero attached hydrogens (tertiary/aromatic N) is 2. The third kappa shape index (κ3) is 3.39. The van der Waals surface area contributed by atoms with Crippen LogP contribution in [0, 0.1) is 0 Å². The van der Waals surface area contributed by atoms with E-state index in [0.717, 1.165) is 43.4 Å². The van der Waals surface area contributed by atoms with Crippen molar-refractivity contribution in [2.24, 2.45) is 7.05 Å². The Kier molecular flexibility index (Phi) is 4.78. The molecule has 3 rings (SSSR count). The number of ether oxygens (including phenoxy) is 1. The van der Waals surface area contributed by atoms with Gasteiger partial charge in [-0.05, 0) is 25.2 Å². The Morgan fingerprint density at radius 1 is 1.38 bits per heavy atom. The highest BCUT2D eigenvalue weighted by molar-refractivity contribution is 5.85. The molecule has 1 aromatic heterocycles. The molecule has 0 aromatic carbocycles. The van der Waals surface area contributed by atoms with E-state index in [1.807, 2.05) is 6.92 Å². The number of aromatic nitrogens is 2. The van der Waals surface area contributed by atoms with Crippen LogP contribution in [0.15, 0.2) is 0 Å². The van der Waals surface area contributed by atoms with Crippen molar-refractivity contribution in [1.29, 1.82) is 0 Å². The van der Waals surface area contributed by atoms with Crippen molar-refractivity contribution < 1.29 is 18.3 Å². The predicted octanol–water partition coefficient (Wildman–Crippen LogP) is 4.55. The molecule has 1 aromatic rings. The number of amides is 1. The fourth-order valence-corrected chi connectivity index (χ4v) is 3.41. The molecule has 2 aliphatic rings. The number of rotatable bonds is 6. The van der Waals surface area contributed by atoms with E-state index in [0.29, 0.717) is 18.3 Å². The normalized spacial score (nSPS) is 20.3. The summed E-state index contributed by atoms with van der Waals surface area (Å²) in [6.07, 6.45) is 4.12. The molecule has 2 saturated carbocycles. The summed E-state index contributed by atoms with van der Waals surface area (Å²) in [4.78, 5) is 12.0. The van der Waals surface area contributed by atoms with E-state index in [9.17, 15) is 13.6 Å². The molecular formula is C17H25F2N3O2. The smallest absolute Gasteiger partial charge is 0.412 e. The van der Waals surface area contributed by atoms with Gasteiger partial charge in [0, 0.05) is 31.4 Å². The molecule has 0 aliphatic heterocycles. The van der Waals surface area contributed by atoms with E-state index in [2.05, 4.69) is 10.4 Å². The maximum absolute atomic E-state index is 13.3. The van der Waals surface area contributed by atoms with Gasteiger partial charge in [0.05, 0.1) is 12.3 Å². The molecular weight excluding hydrogens is 316 g/mol. The third-order valence-electron chi connectivity index (χ3n) is 5.05. The molecule has 0 bridgehead atoms. The molecule has 2 fully saturated rings. The minimum Gasteiger partial charge on any atom is -0.449 e. The highest BCUT2D eigenvalue weighted by Gasteiger charge is 2.49. The Labute approximate surface area is 140 Å². The second-order valence-corrected chi connectivity index (χ2v) is 6.97. The Morgan fingerprint density at radius 2 is 2.08 bits per heavy atom.